The molecule has 6 nitrogen and oxygen atoms in total. The zero-order valence-corrected chi connectivity index (χ0v) is 21.2. The van der Waals surface area contributed by atoms with Crippen LogP contribution in [0.15, 0.2) is 93.9 Å². The molecule has 1 aliphatic heterocycles. The molecule has 1 aromatic heterocycles. The molecule has 9 heteroatoms. The predicted octanol–water partition coefficient (Wildman–Crippen LogP) is 4.89. The highest BCUT2D eigenvalue weighted by molar-refractivity contribution is 7.07. The summed E-state index contributed by atoms with van der Waals surface area (Å²) in [6, 6.07) is 20.7. The quantitative estimate of drug-likeness (QED) is 0.390. The van der Waals surface area contributed by atoms with Crippen LogP contribution in [0.1, 0.15) is 24.1 Å². The first-order valence-corrected chi connectivity index (χ1v) is 12.5. The molecule has 0 radical (unpaired) electrons. The Hall–Kier alpha value is -3.65. The Morgan fingerprint density at radius 2 is 1.75 bits per heavy atom. The van der Waals surface area contributed by atoms with Crippen LogP contribution in [-0.4, -0.2) is 15.6 Å². The van der Waals surface area contributed by atoms with Gasteiger partial charge in [-0.05, 0) is 42.8 Å². The molecule has 0 saturated carbocycles. The van der Waals surface area contributed by atoms with Crippen LogP contribution in [-0.2, 0) is 4.79 Å². The van der Waals surface area contributed by atoms with Crippen molar-refractivity contribution in [3.63, 3.8) is 0 Å². The minimum Gasteiger partial charge on any atom is -0.506 e. The van der Waals surface area contributed by atoms with E-state index in [9.17, 15) is 14.7 Å². The molecule has 4 aromatic rings. The highest BCUT2D eigenvalue weighted by atomic mass is 35.5. The average Bonchev–Trinajstić information content (AvgIpc) is 3.16. The summed E-state index contributed by atoms with van der Waals surface area (Å²) >= 11 is 13.3. The van der Waals surface area contributed by atoms with Crippen LogP contribution >= 0.6 is 34.5 Å². The van der Waals surface area contributed by atoms with Gasteiger partial charge in [-0.15, -0.1) is 0 Å². The maximum absolute atomic E-state index is 13.7. The van der Waals surface area contributed by atoms with Gasteiger partial charge in [-0.3, -0.25) is 14.2 Å². The summed E-state index contributed by atoms with van der Waals surface area (Å²) in [6.07, 6.45) is 1.53. The summed E-state index contributed by atoms with van der Waals surface area (Å²) in [4.78, 5) is 32.2. The van der Waals surface area contributed by atoms with E-state index in [-0.39, 0.29) is 22.2 Å². The number of carbonyl (C=O) groups excluding carboxylic acids is 1. The van der Waals surface area contributed by atoms with Crippen molar-refractivity contribution in [2.45, 2.75) is 13.0 Å². The van der Waals surface area contributed by atoms with Gasteiger partial charge in [0, 0.05) is 16.3 Å². The predicted molar refractivity (Wildman–Crippen MR) is 143 cm³/mol. The first kappa shape index (κ1) is 24.1. The zero-order chi connectivity index (χ0) is 25.4. The van der Waals surface area contributed by atoms with E-state index in [0.29, 0.717) is 36.9 Å². The number of aromatic hydroxyl groups is 1. The van der Waals surface area contributed by atoms with E-state index in [1.54, 1.807) is 19.1 Å². The van der Waals surface area contributed by atoms with Crippen LogP contribution in [0, 0.1) is 0 Å². The number of amides is 1. The van der Waals surface area contributed by atoms with Gasteiger partial charge in [-0.1, -0.05) is 83.1 Å². The Labute approximate surface area is 220 Å². The zero-order valence-electron chi connectivity index (χ0n) is 18.9. The number of halogens is 2. The molecule has 5 rings (SSSR count). The lowest BCUT2D eigenvalue weighted by Crippen LogP contribution is -2.40. The SMILES string of the molecule is CC1=C(C(=O)Nc2ccccc2)C(c2ccccc2)n2c(s/c(=C\c3cc(Cl)cc(Cl)c3O)c2=O)=N1. The third kappa shape index (κ3) is 4.48. The van der Waals surface area contributed by atoms with Crippen molar-refractivity contribution in [3.8, 4) is 5.75 Å². The number of nitrogens with one attached hydrogen (secondary N) is 1. The number of phenolic OH excluding ortho intramolecular Hbond substituents is 1. The number of para-hydroxylation sites is 1. The fraction of sp³-hybridized carbons (Fsp3) is 0.0741. The van der Waals surface area contributed by atoms with Gasteiger partial charge in [0.1, 0.15) is 5.75 Å². The van der Waals surface area contributed by atoms with E-state index in [2.05, 4.69) is 10.3 Å². The number of rotatable bonds is 4. The molecule has 0 saturated heterocycles. The van der Waals surface area contributed by atoms with Crippen LogP contribution in [0.3, 0.4) is 0 Å². The smallest absolute Gasteiger partial charge is 0.271 e. The molecule has 0 spiro atoms. The van der Waals surface area contributed by atoms with Gasteiger partial charge in [0.05, 0.1) is 26.9 Å². The monoisotopic (exact) mass is 535 g/mol. The number of nitrogens with zero attached hydrogens (tertiary/aromatic N) is 2. The number of anilines is 1. The molecule has 3 aromatic carbocycles. The van der Waals surface area contributed by atoms with Crippen molar-refractivity contribution in [2.24, 2.45) is 4.99 Å². The second-order valence-corrected chi connectivity index (χ2v) is 9.99. The van der Waals surface area contributed by atoms with Crippen molar-refractivity contribution in [2.75, 3.05) is 5.32 Å². The third-order valence-corrected chi connectivity index (χ3v) is 7.25. The largest absolute Gasteiger partial charge is 0.506 e. The van der Waals surface area contributed by atoms with Crippen molar-refractivity contribution in [3.05, 3.63) is 125 Å². The lowest BCUT2D eigenvalue weighted by Gasteiger charge is -2.25. The van der Waals surface area contributed by atoms with Gasteiger partial charge in [-0.2, -0.15) is 0 Å². The van der Waals surface area contributed by atoms with Crippen molar-refractivity contribution in [1.82, 2.24) is 4.57 Å². The Morgan fingerprint density at radius 1 is 1.08 bits per heavy atom. The number of allylic oxidation sites excluding steroid dienone is 1. The van der Waals surface area contributed by atoms with Crippen molar-refractivity contribution < 1.29 is 9.90 Å². The van der Waals surface area contributed by atoms with Crippen molar-refractivity contribution >= 4 is 52.2 Å². The van der Waals surface area contributed by atoms with Crippen LogP contribution in [0.25, 0.3) is 6.08 Å². The molecular formula is C27H19Cl2N3O3S. The van der Waals surface area contributed by atoms with Gasteiger partial charge in [-0.25, -0.2) is 4.99 Å². The molecule has 2 heterocycles. The summed E-state index contributed by atoms with van der Waals surface area (Å²) in [5, 5.41) is 13.7. The Morgan fingerprint density at radius 3 is 2.44 bits per heavy atom. The number of phenols is 1. The second kappa shape index (κ2) is 9.78. The molecule has 2 N–H and O–H groups in total. The molecular weight excluding hydrogens is 517 g/mol. The molecule has 1 unspecified atom stereocenters. The van der Waals surface area contributed by atoms with Crippen LogP contribution < -0.4 is 20.2 Å². The molecule has 0 aliphatic carbocycles. The lowest BCUT2D eigenvalue weighted by molar-refractivity contribution is -0.113. The number of benzene rings is 3. The first-order valence-electron chi connectivity index (χ1n) is 11.0. The number of hydrogen-bond donors (Lipinski definition) is 2. The molecule has 180 valence electrons. The number of carbonyl (C=O) groups is 1. The molecule has 0 bridgehead atoms. The fourth-order valence-electron chi connectivity index (χ4n) is 4.12. The van der Waals surface area contributed by atoms with E-state index in [4.69, 9.17) is 23.2 Å². The highest BCUT2D eigenvalue weighted by Crippen LogP contribution is 2.32. The molecule has 1 aliphatic rings. The average molecular weight is 536 g/mol. The minimum absolute atomic E-state index is 0.0828. The van der Waals surface area contributed by atoms with E-state index in [1.165, 1.54) is 22.8 Å². The Kier molecular flexibility index (Phi) is 6.53. The Bertz CT molecular complexity index is 1690. The van der Waals surface area contributed by atoms with Gasteiger partial charge in [0.15, 0.2) is 4.80 Å². The Balaban J connectivity index is 1.69. The van der Waals surface area contributed by atoms with Gasteiger partial charge in [0.2, 0.25) is 0 Å². The van der Waals surface area contributed by atoms with Crippen LogP contribution in [0.2, 0.25) is 10.0 Å². The van der Waals surface area contributed by atoms with Crippen molar-refractivity contribution in [1.29, 1.82) is 0 Å². The van der Waals surface area contributed by atoms with Gasteiger partial charge < -0.3 is 10.4 Å². The molecule has 0 fully saturated rings. The third-order valence-electron chi connectivity index (χ3n) is 5.76. The normalized spacial score (nSPS) is 15.4. The number of fused-ring (bicyclic) bond motifs is 1. The highest BCUT2D eigenvalue weighted by Gasteiger charge is 2.32. The van der Waals surface area contributed by atoms with Gasteiger partial charge in [0.25, 0.3) is 11.5 Å². The summed E-state index contributed by atoms with van der Waals surface area (Å²) in [5.74, 6) is -0.518. The topological polar surface area (TPSA) is 83.7 Å². The first-order chi connectivity index (χ1) is 17.3. The summed E-state index contributed by atoms with van der Waals surface area (Å²) < 4.78 is 1.84. The number of hydrogen-bond acceptors (Lipinski definition) is 5. The maximum Gasteiger partial charge on any atom is 0.271 e. The van der Waals surface area contributed by atoms with E-state index < -0.39 is 6.04 Å². The van der Waals surface area contributed by atoms with Gasteiger partial charge >= 0.3 is 0 Å². The fourth-order valence-corrected chi connectivity index (χ4v) is 5.67. The maximum atomic E-state index is 13.7. The summed E-state index contributed by atoms with van der Waals surface area (Å²) in [7, 11) is 0. The molecule has 1 amide bonds. The standard InChI is InChI=1S/C27H19Cl2N3O3S/c1-15-22(25(34)31-19-10-6-3-7-11-19)23(16-8-4-2-5-9-16)32-26(35)21(36-27(32)30-15)13-17-12-18(28)14-20(29)24(17)33/h2-14,23,33H,1H3,(H,31,34)/b21-13-. The van der Waals surface area contributed by atoms with Crippen LogP contribution in [0.4, 0.5) is 5.69 Å². The summed E-state index contributed by atoms with van der Waals surface area (Å²) in [6.45, 7) is 1.76. The minimum atomic E-state index is -0.690. The molecule has 1 atom stereocenters. The summed E-state index contributed by atoms with van der Waals surface area (Å²) in [5.41, 5.74) is 2.26. The lowest BCUT2D eigenvalue weighted by atomic mass is 9.95. The van der Waals surface area contributed by atoms with Crippen LogP contribution in [0.5, 0.6) is 5.75 Å². The van der Waals surface area contributed by atoms with E-state index >= 15 is 0 Å². The number of thiazole rings is 1. The molecule has 36 heavy (non-hydrogen) atoms. The second-order valence-electron chi connectivity index (χ2n) is 8.14. The van der Waals surface area contributed by atoms with E-state index in [1.807, 2.05) is 48.5 Å². The number of aromatic nitrogens is 1. The van der Waals surface area contributed by atoms with E-state index in [0.717, 1.165) is 16.9 Å².